The van der Waals surface area contributed by atoms with E-state index in [9.17, 15) is 14.7 Å². The van der Waals surface area contributed by atoms with Gasteiger partial charge < -0.3 is 9.84 Å². The molecule has 1 amide bonds. The van der Waals surface area contributed by atoms with E-state index >= 15 is 0 Å². The topological polar surface area (TPSA) is 92.6 Å². The summed E-state index contributed by atoms with van der Waals surface area (Å²) in [6.07, 6.45) is 1.79. The van der Waals surface area contributed by atoms with Gasteiger partial charge in [0.25, 0.3) is 5.91 Å². The maximum atomic E-state index is 13.0. The van der Waals surface area contributed by atoms with Gasteiger partial charge in [0.2, 0.25) is 0 Å². The van der Waals surface area contributed by atoms with E-state index < -0.39 is 18.1 Å². The number of carboxylic acids is 1. The van der Waals surface area contributed by atoms with Crippen LogP contribution in [0, 0.1) is 0 Å². The van der Waals surface area contributed by atoms with Gasteiger partial charge in [0.05, 0.1) is 17.1 Å². The number of thiazole rings is 1. The van der Waals surface area contributed by atoms with Crippen molar-refractivity contribution in [3.63, 3.8) is 0 Å². The minimum Gasteiger partial charge on any atom is -0.480 e. The molecular formula is C22H21N3O4S. The van der Waals surface area contributed by atoms with E-state index in [0.29, 0.717) is 24.3 Å². The first-order chi connectivity index (χ1) is 14.5. The molecule has 0 fully saturated rings. The van der Waals surface area contributed by atoms with Crippen molar-refractivity contribution in [3.8, 4) is 27.7 Å². The molecule has 0 bridgehead atoms. The molecule has 30 heavy (non-hydrogen) atoms. The molecule has 0 aliphatic carbocycles. The van der Waals surface area contributed by atoms with Gasteiger partial charge in [-0.25, -0.2) is 9.78 Å². The number of carboxylic acid groups (broad SMARTS) is 1. The molecule has 154 valence electrons. The van der Waals surface area contributed by atoms with E-state index in [1.54, 1.807) is 25.3 Å². The van der Waals surface area contributed by atoms with Crippen LogP contribution in [0.5, 0.6) is 5.75 Å². The summed E-state index contributed by atoms with van der Waals surface area (Å²) in [6.45, 7) is 3.60. The molecule has 1 aliphatic heterocycles. The largest absolute Gasteiger partial charge is 0.480 e. The van der Waals surface area contributed by atoms with Gasteiger partial charge >= 0.3 is 5.97 Å². The molecule has 1 aliphatic rings. The molecule has 0 saturated carbocycles. The van der Waals surface area contributed by atoms with Crippen LogP contribution in [0.25, 0.3) is 22.0 Å². The SMILES string of the molecule is CCC1Oc2ccc(-c3csc(-c4ccccn4)n3)cc2N(C(CC)C(=O)O)C1=O. The number of hydrogen-bond acceptors (Lipinski definition) is 6. The van der Waals surface area contributed by atoms with Crippen LogP contribution in [0.4, 0.5) is 5.69 Å². The highest BCUT2D eigenvalue weighted by molar-refractivity contribution is 7.13. The van der Waals surface area contributed by atoms with E-state index in [2.05, 4.69) is 9.97 Å². The second-order valence-electron chi connectivity index (χ2n) is 6.92. The highest BCUT2D eigenvalue weighted by Crippen LogP contribution is 2.40. The van der Waals surface area contributed by atoms with Crippen LogP contribution in [-0.4, -0.2) is 39.1 Å². The number of hydrogen-bond donors (Lipinski definition) is 1. The summed E-state index contributed by atoms with van der Waals surface area (Å²) in [7, 11) is 0. The number of rotatable bonds is 6. The number of nitrogens with zero attached hydrogens (tertiary/aromatic N) is 3. The lowest BCUT2D eigenvalue weighted by Crippen LogP contribution is -2.53. The molecule has 0 radical (unpaired) electrons. The van der Waals surface area contributed by atoms with E-state index in [1.807, 2.05) is 36.6 Å². The molecule has 3 aromatic rings. The van der Waals surface area contributed by atoms with Gasteiger partial charge in [-0.2, -0.15) is 0 Å². The smallest absolute Gasteiger partial charge is 0.326 e. The predicted octanol–water partition coefficient (Wildman–Crippen LogP) is 4.24. The quantitative estimate of drug-likeness (QED) is 0.638. The fourth-order valence-electron chi connectivity index (χ4n) is 3.50. The number of ether oxygens (including phenoxy) is 1. The van der Waals surface area contributed by atoms with Crippen LogP contribution < -0.4 is 9.64 Å². The second-order valence-corrected chi connectivity index (χ2v) is 7.78. The normalized spacial score (nSPS) is 16.7. The number of carbonyl (C=O) groups is 2. The van der Waals surface area contributed by atoms with Gasteiger partial charge in [-0.15, -0.1) is 11.3 Å². The zero-order chi connectivity index (χ0) is 21.3. The molecule has 2 atom stereocenters. The third-order valence-electron chi connectivity index (χ3n) is 5.04. The molecule has 2 aromatic heterocycles. The average molecular weight is 423 g/mol. The molecule has 0 spiro atoms. The molecule has 0 saturated heterocycles. The minimum absolute atomic E-state index is 0.293. The van der Waals surface area contributed by atoms with Gasteiger partial charge in [-0.3, -0.25) is 14.7 Å². The van der Waals surface area contributed by atoms with Crippen LogP contribution in [0.15, 0.2) is 48.0 Å². The van der Waals surface area contributed by atoms with Crippen LogP contribution in [0.2, 0.25) is 0 Å². The zero-order valence-corrected chi connectivity index (χ0v) is 17.4. The summed E-state index contributed by atoms with van der Waals surface area (Å²) >= 11 is 1.48. The Kier molecular flexibility index (Phi) is 5.50. The van der Waals surface area contributed by atoms with Crippen LogP contribution in [0.3, 0.4) is 0 Å². The van der Waals surface area contributed by atoms with E-state index in [4.69, 9.17) is 4.74 Å². The number of fused-ring (bicyclic) bond motifs is 1. The minimum atomic E-state index is -1.04. The van der Waals surface area contributed by atoms with E-state index in [1.165, 1.54) is 16.2 Å². The van der Waals surface area contributed by atoms with Crippen molar-refractivity contribution in [2.24, 2.45) is 0 Å². The van der Waals surface area contributed by atoms with Gasteiger partial charge in [0.15, 0.2) is 6.10 Å². The van der Waals surface area contributed by atoms with Gasteiger partial charge in [-0.05, 0) is 43.2 Å². The van der Waals surface area contributed by atoms with E-state index in [0.717, 1.165) is 22.0 Å². The first-order valence-corrected chi connectivity index (χ1v) is 10.6. The van der Waals surface area contributed by atoms with Gasteiger partial charge in [0, 0.05) is 17.1 Å². The highest BCUT2D eigenvalue weighted by Gasteiger charge is 2.39. The lowest BCUT2D eigenvalue weighted by atomic mass is 10.0. The Labute approximate surface area is 178 Å². The lowest BCUT2D eigenvalue weighted by Gasteiger charge is -2.37. The van der Waals surface area contributed by atoms with Crippen molar-refractivity contribution in [3.05, 3.63) is 48.0 Å². The number of carbonyl (C=O) groups excluding carboxylic acids is 1. The summed E-state index contributed by atoms with van der Waals surface area (Å²) in [5, 5.41) is 12.4. The second kappa shape index (κ2) is 8.23. The molecule has 2 unspecified atom stereocenters. The molecule has 7 nitrogen and oxygen atoms in total. The highest BCUT2D eigenvalue weighted by atomic mass is 32.1. The van der Waals surface area contributed by atoms with Crippen LogP contribution >= 0.6 is 11.3 Å². The Morgan fingerprint density at radius 1 is 1.27 bits per heavy atom. The maximum absolute atomic E-state index is 13.0. The van der Waals surface area contributed by atoms with Crippen LogP contribution in [-0.2, 0) is 9.59 Å². The number of aromatic nitrogens is 2. The summed E-state index contributed by atoms with van der Waals surface area (Å²) in [5.41, 5.74) is 2.76. The third kappa shape index (κ3) is 3.54. The standard InChI is InChI=1S/C22H21N3O4S/c1-3-16(22(27)28)25-17-11-13(8-9-19(17)29-18(4-2)21(25)26)15-12-30-20(24-15)14-7-5-6-10-23-14/h5-12,16,18H,3-4H2,1-2H3,(H,27,28). The van der Waals surface area contributed by atoms with Crippen molar-refractivity contribution < 1.29 is 19.4 Å². The summed E-state index contributed by atoms with van der Waals surface area (Å²) in [6, 6.07) is 10.1. The number of aliphatic carboxylic acids is 1. The van der Waals surface area contributed by atoms with Crippen molar-refractivity contribution in [1.29, 1.82) is 0 Å². The predicted molar refractivity (Wildman–Crippen MR) is 115 cm³/mol. The zero-order valence-electron chi connectivity index (χ0n) is 16.6. The maximum Gasteiger partial charge on any atom is 0.326 e. The molecule has 4 rings (SSSR count). The Morgan fingerprint density at radius 3 is 2.77 bits per heavy atom. The van der Waals surface area contributed by atoms with Crippen molar-refractivity contribution in [2.75, 3.05) is 4.90 Å². The van der Waals surface area contributed by atoms with Gasteiger partial charge in [0.1, 0.15) is 16.8 Å². The molecular weight excluding hydrogens is 402 g/mol. The van der Waals surface area contributed by atoms with Crippen molar-refractivity contribution in [1.82, 2.24) is 9.97 Å². The lowest BCUT2D eigenvalue weighted by molar-refractivity contribution is -0.141. The molecule has 1 aromatic carbocycles. The molecule has 1 N–H and O–H groups in total. The monoisotopic (exact) mass is 423 g/mol. The molecule has 3 heterocycles. The third-order valence-corrected chi connectivity index (χ3v) is 5.90. The first-order valence-electron chi connectivity index (χ1n) is 9.77. The number of benzene rings is 1. The summed E-state index contributed by atoms with van der Waals surface area (Å²) in [4.78, 5) is 35.2. The number of pyridine rings is 1. The number of amides is 1. The Balaban J connectivity index is 1.76. The Morgan fingerprint density at radius 2 is 2.10 bits per heavy atom. The van der Waals surface area contributed by atoms with Crippen molar-refractivity contribution >= 4 is 28.9 Å². The fraction of sp³-hybridized carbons (Fsp3) is 0.273. The molecule has 8 heteroatoms. The summed E-state index contributed by atoms with van der Waals surface area (Å²) in [5.74, 6) is -0.862. The van der Waals surface area contributed by atoms with E-state index in [-0.39, 0.29) is 5.91 Å². The van der Waals surface area contributed by atoms with Gasteiger partial charge in [-0.1, -0.05) is 19.9 Å². The fourth-order valence-corrected chi connectivity index (χ4v) is 4.31. The Hall–Kier alpha value is -3.26. The first kappa shape index (κ1) is 20.0. The summed E-state index contributed by atoms with van der Waals surface area (Å²) < 4.78 is 5.85. The average Bonchev–Trinajstić information content (AvgIpc) is 3.26. The number of anilines is 1. The van der Waals surface area contributed by atoms with Crippen LogP contribution in [0.1, 0.15) is 26.7 Å². The Bertz CT molecular complexity index is 1080. The van der Waals surface area contributed by atoms with Crippen molar-refractivity contribution in [2.45, 2.75) is 38.8 Å².